The summed E-state index contributed by atoms with van der Waals surface area (Å²) in [5, 5.41) is 1.33. The smallest absolute Gasteiger partial charge is 0.108 e. The molecule has 1 N–H and O–H groups in total. The summed E-state index contributed by atoms with van der Waals surface area (Å²) >= 11 is 0. The molecule has 4 rings (SSSR count). The highest BCUT2D eigenvalue weighted by atomic mass is 16.5. The second-order valence-corrected chi connectivity index (χ2v) is 8.44. The number of H-pyrrole nitrogens is 1. The van der Waals surface area contributed by atoms with Gasteiger partial charge in [-0.25, -0.2) is 0 Å². The average Bonchev–Trinajstić information content (AvgIpc) is 3.13. The topological polar surface area (TPSA) is 25.0 Å². The molecule has 2 nitrogen and oxygen atoms in total. The van der Waals surface area contributed by atoms with Gasteiger partial charge in [0.15, 0.2) is 0 Å². The van der Waals surface area contributed by atoms with Crippen molar-refractivity contribution in [3.8, 4) is 11.8 Å². The number of fused-ring (bicyclic) bond motifs is 3. The number of benzene rings is 2. The van der Waals surface area contributed by atoms with Gasteiger partial charge in [-0.1, -0.05) is 64.2 Å². The van der Waals surface area contributed by atoms with Gasteiger partial charge in [0.25, 0.3) is 0 Å². The highest BCUT2D eigenvalue weighted by Crippen LogP contribution is 2.43. The van der Waals surface area contributed by atoms with Crippen LogP contribution in [0.2, 0.25) is 0 Å². The van der Waals surface area contributed by atoms with Crippen molar-refractivity contribution in [2.24, 2.45) is 0 Å². The Kier molecular flexibility index (Phi) is 5.52. The first kappa shape index (κ1) is 19.8. The van der Waals surface area contributed by atoms with Gasteiger partial charge in [0.2, 0.25) is 0 Å². The van der Waals surface area contributed by atoms with Crippen LogP contribution in [0.1, 0.15) is 80.8 Å². The molecule has 2 heteroatoms. The lowest BCUT2D eigenvalue weighted by molar-refractivity contribution is -0.0723. The second-order valence-electron chi connectivity index (χ2n) is 8.44. The van der Waals surface area contributed by atoms with Gasteiger partial charge >= 0.3 is 0 Å². The Balaban J connectivity index is 1.94. The summed E-state index contributed by atoms with van der Waals surface area (Å²) in [6.45, 7) is 9.79. The zero-order valence-electron chi connectivity index (χ0n) is 18.1. The number of ether oxygens (including phenoxy) is 1. The molecule has 2 heterocycles. The van der Waals surface area contributed by atoms with E-state index in [2.05, 4.69) is 68.8 Å². The fraction of sp³-hybridized carbons (Fsp3) is 0.407. The highest BCUT2D eigenvalue weighted by molar-refractivity contribution is 5.91. The number of nitrogens with one attached hydrogen (secondary N) is 1. The molecule has 150 valence electrons. The van der Waals surface area contributed by atoms with Crippen LogP contribution in [0.4, 0.5) is 0 Å². The summed E-state index contributed by atoms with van der Waals surface area (Å²) in [5.41, 5.74) is 7.18. The molecule has 0 amide bonds. The van der Waals surface area contributed by atoms with Gasteiger partial charge < -0.3 is 9.72 Å². The van der Waals surface area contributed by atoms with Gasteiger partial charge in [0.05, 0.1) is 17.8 Å². The molecule has 3 aromatic rings. The van der Waals surface area contributed by atoms with E-state index in [1.165, 1.54) is 27.7 Å². The van der Waals surface area contributed by atoms with Gasteiger partial charge in [-0.15, -0.1) is 0 Å². The minimum atomic E-state index is -0.191. The number of hydrogen-bond acceptors (Lipinski definition) is 1. The van der Waals surface area contributed by atoms with Crippen LogP contribution < -0.4 is 0 Å². The van der Waals surface area contributed by atoms with E-state index >= 15 is 0 Å². The van der Waals surface area contributed by atoms with E-state index in [9.17, 15) is 0 Å². The minimum absolute atomic E-state index is 0.191. The minimum Gasteiger partial charge on any atom is -0.368 e. The maximum atomic E-state index is 6.39. The van der Waals surface area contributed by atoms with Crippen LogP contribution in [0.5, 0.6) is 0 Å². The third-order valence-corrected chi connectivity index (χ3v) is 6.23. The van der Waals surface area contributed by atoms with Crippen LogP contribution in [-0.4, -0.2) is 11.6 Å². The van der Waals surface area contributed by atoms with Crippen molar-refractivity contribution >= 4 is 10.9 Å². The lowest BCUT2D eigenvalue weighted by atomic mass is 9.85. The summed E-state index contributed by atoms with van der Waals surface area (Å²) in [6, 6.07) is 14.9. The van der Waals surface area contributed by atoms with Crippen LogP contribution in [0.25, 0.3) is 10.9 Å². The summed E-state index contributed by atoms with van der Waals surface area (Å²) in [7, 11) is 0. The van der Waals surface area contributed by atoms with Gasteiger partial charge in [-0.05, 0) is 60.6 Å². The quantitative estimate of drug-likeness (QED) is 0.499. The monoisotopic (exact) mass is 385 g/mol. The van der Waals surface area contributed by atoms with Gasteiger partial charge in [0.1, 0.15) is 5.60 Å². The standard InChI is InChI=1S/C27H31NO/c1-5-15-27(6-2)26-23(14-16-29-27)24-18-22(19(3)4)17-21(25(24)28-26)13-12-20-10-8-7-9-11-20/h7-11,17-19,28H,5-6,14-16H2,1-4H3. The molecule has 0 radical (unpaired) electrons. The van der Waals surface area contributed by atoms with E-state index in [0.717, 1.165) is 43.4 Å². The zero-order valence-corrected chi connectivity index (χ0v) is 18.1. The third kappa shape index (κ3) is 3.61. The van der Waals surface area contributed by atoms with Crippen molar-refractivity contribution in [3.05, 3.63) is 70.4 Å². The number of rotatable bonds is 4. The largest absolute Gasteiger partial charge is 0.368 e. The Labute approximate surface area is 174 Å². The first-order valence-electron chi connectivity index (χ1n) is 11.0. The summed E-state index contributed by atoms with van der Waals surface area (Å²) in [4.78, 5) is 3.79. The third-order valence-electron chi connectivity index (χ3n) is 6.23. The van der Waals surface area contributed by atoms with Crippen molar-refractivity contribution in [3.63, 3.8) is 0 Å². The lowest BCUT2D eigenvalue weighted by Crippen LogP contribution is -2.35. The molecule has 1 aromatic heterocycles. The Morgan fingerprint density at radius 1 is 1.10 bits per heavy atom. The first-order valence-corrected chi connectivity index (χ1v) is 11.0. The molecule has 1 aliphatic heterocycles. The molecule has 1 unspecified atom stereocenters. The fourth-order valence-corrected chi connectivity index (χ4v) is 4.59. The number of aromatic nitrogens is 1. The van der Waals surface area contributed by atoms with Gasteiger partial charge in [0, 0.05) is 16.5 Å². The number of hydrogen-bond donors (Lipinski definition) is 1. The fourth-order valence-electron chi connectivity index (χ4n) is 4.59. The Bertz CT molecular complexity index is 1060. The van der Waals surface area contributed by atoms with E-state index in [1.807, 2.05) is 18.2 Å². The van der Waals surface area contributed by atoms with Crippen LogP contribution in [0.3, 0.4) is 0 Å². The second kappa shape index (κ2) is 8.09. The average molecular weight is 386 g/mol. The van der Waals surface area contributed by atoms with Crippen molar-refractivity contribution in [2.75, 3.05) is 6.61 Å². The van der Waals surface area contributed by atoms with Crippen molar-refractivity contribution in [2.45, 2.75) is 64.9 Å². The van der Waals surface area contributed by atoms with Crippen molar-refractivity contribution in [1.82, 2.24) is 4.98 Å². The molecule has 0 aliphatic carbocycles. The molecule has 1 aliphatic rings. The number of aromatic amines is 1. The normalized spacial score (nSPS) is 18.5. The molecule has 0 spiro atoms. The summed E-state index contributed by atoms with van der Waals surface area (Å²) < 4.78 is 6.39. The molecular weight excluding hydrogens is 354 g/mol. The Morgan fingerprint density at radius 3 is 2.59 bits per heavy atom. The highest BCUT2D eigenvalue weighted by Gasteiger charge is 2.38. The lowest BCUT2D eigenvalue weighted by Gasteiger charge is -2.36. The first-order chi connectivity index (χ1) is 14.1. The molecule has 0 saturated heterocycles. The van der Waals surface area contributed by atoms with Gasteiger partial charge in [-0.2, -0.15) is 0 Å². The SMILES string of the molecule is CCCC1(CC)OCCc2c1[nH]c1c(C#Cc3ccccc3)cc(C(C)C)cc21. The Morgan fingerprint density at radius 2 is 1.90 bits per heavy atom. The van der Waals surface area contributed by atoms with Crippen LogP contribution >= 0.6 is 0 Å². The predicted molar refractivity (Wildman–Crippen MR) is 121 cm³/mol. The molecular formula is C27H31NO. The molecule has 29 heavy (non-hydrogen) atoms. The summed E-state index contributed by atoms with van der Waals surface area (Å²) in [5.74, 6) is 7.29. The van der Waals surface area contributed by atoms with E-state index in [0.29, 0.717) is 5.92 Å². The van der Waals surface area contributed by atoms with E-state index in [4.69, 9.17) is 4.74 Å². The molecule has 2 aromatic carbocycles. The summed E-state index contributed by atoms with van der Waals surface area (Å²) in [6.07, 6.45) is 4.11. The molecule has 0 saturated carbocycles. The molecule has 1 atom stereocenters. The van der Waals surface area contributed by atoms with Crippen LogP contribution in [0.15, 0.2) is 42.5 Å². The van der Waals surface area contributed by atoms with E-state index < -0.39 is 0 Å². The van der Waals surface area contributed by atoms with Crippen LogP contribution in [-0.2, 0) is 16.8 Å². The van der Waals surface area contributed by atoms with Crippen LogP contribution in [0, 0.1) is 11.8 Å². The van der Waals surface area contributed by atoms with Gasteiger partial charge in [-0.3, -0.25) is 0 Å². The van der Waals surface area contributed by atoms with E-state index in [1.54, 1.807) is 0 Å². The predicted octanol–water partition coefficient (Wildman–Crippen LogP) is 6.67. The van der Waals surface area contributed by atoms with E-state index in [-0.39, 0.29) is 5.60 Å². The zero-order chi connectivity index (χ0) is 20.4. The Hall–Kier alpha value is -2.50. The maximum absolute atomic E-state index is 6.39. The van der Waals surface area contributed by atoms with Crippen molar-refractivity contribution in [1.29, 1.82) is 0 Å². The maximum Gasteiger partial charge on any atom is 0.108 e. The molecule has 0 bridgehead atoms. The molecule has 0 fully saturated rings. The van der Waals surface area contributed by atoms with Crippen molar-refractivity contribution < 1.29 is 4.74 Å².